The maximum absolute atomic E-state index is 12.8. The summed E-state index contributed by atoms with van der Waals surface area (Å²) >= 11 is 0. The average Bonchev–Trinajstić information content (AvgIpc) is 2.39. The normalized spacial score (nSPS) is 9.89. The molecule has 0 aliphatic heterocycles. The summed E-state index contributed by atoms with van der Waals surface area (Å²) in [7, 11) is 1.69. The van der Waals surface area contributed by atoms with Crippen molar-refractivity contribution in [3.8, 4) is 17.5 Å². The van der Waals surface area contributed by atoms with Gasteiger partial charge < -0.3 is 5.32 Å². The van der Waals surface area contributed by atoms with Crippen LogP contribution >= 0.6 is 0 Å². The van der Waals surface area contributed by atoms with Crippen molar-refractivity contribution in [2.75, 3.05) is 12.4 Å². The number of aromatic nitrogens is 2. The van der Waals surface area contributed by atoms with E-state index in [1.807, 2.05) is 6.92 Å². The number of aryl methyl sites for hydroxylation is 1. The van der Waals surface area contributed by atoms with E-state index >= 15 is 0 Å². The lowest BCUT2D eigenvalue weighted by molar-refractivity contribution is 0.622. The highest BCUT2D eigenvalue weighted by molar-refractivity contribution is 5.65. The molecule has 0 spiro atoms. The summed E-state index contributed by atoms with van der Waals surface area (Å²) in [5.41, 5.74) is 2.51. The van der Waals surface area contributed by atoms with Crippen LogP contribution in [0.1, 0.15) is 11.1 Å². The Morgan fingerprint density at radius 2 is 2.17 bits per heavy atom. The van der Waals surface area contributed by atoms with E-state index in [0.29, 0.717) is 22.8 Å². The maximum Gasteiger partial charge on any atom is 0.144 e. The third-order valence-electron chi connectivity index (χ3n) is 2.54. The van der Waals surface area contributed by atoms with E-state index < -0.39 is 0 Å². The Morgan fingerprint density at radius 3 is 2.72 bits per heavy atom. The Bertz CT molecular complexity index is 614. The molecule has 90 valence electrons. The predicted octanol–water partition coefficient (Wildman–Crippen LogP) is 2.50. The molecule has 0 radical (unpaired) electrons. The van der Waals surface area contributed by atoms with Gasteiger partial charge in [-0.1, -0.05) is 0 Å². The fourth-order valence-electron chi connectivity index (χ4n) is 1.66. The highest BCUT2D eigenvalue weighted by atomic mass is 19.1. The van der Waals surface area contributed by atoms with Gasteiger partial charge in [-0.3, -0.25) is 4.98 Å². The van der Waals surface area contributed by atoms with Gasteiger partial charge in [0.25, 0.3) is 0 Å². The van der Waals surface area contributed by atoms with E-state index in [0.717, 1.165) is 11.8 Å². The van der Waals surface area contributed by atoms with Gasteiger partial charge in [-0.25, -0.2) is 9.37 Å². The van der Waals surface area contributed by atoms with Crippen LogP contribution in [0.3, 0.4) is 0 Å². The van der Waals surface area contributed by atoms with Crippen LogP contribution in [0.4, 0.5) is 10.2 Å². The van der Waals surface area contributed by atoms with Gasteiger partial charge in [-0.15, -0.1) is 0 Å². The van der Waals surface area contributed by atoms with Crippen LogP contribution < -0.4 is 5.32 Å². The molecule has 2 rings (SSSR count). The van der Waals surface area contributed by atoms with E-state index in [4.69, 9.17) is 5.26 Å². The summed E-state index contributed by atoms with van der Waals surface area (Å²) in [5.74, 6) is 0.100. The van der Waals surface area contributed by atoms with Crippen molar-refractivity contribution in [1.29, 1.82) is 5.26 Å². The molecule has 2 heterocycles. The summed E-state index contributed by atoms with van der Waals surface area (Å²) in [5, 5.41) is 11.8. The maximum atomic E-state index is 12.8. The quantitative estimate of drug-likeness (QED) is 0.878. The van der Waals surface area contributed by atoms with Crippen molar-refractivity contribution < 1.29 is 4.39 Å². The molecule has 0 unspecified atom stereocenters. The Hall–Kier alpha value is -2.48. The third kappa shape index (κ3) is 2.13. The first-order valence-electron chi connectivity index (χ1n) is 5.37. The predicted molar refractivity (Wildman–Crippen MR) is 66.4 cm³/mol. The standard InChI is InChI=1S/C13H11FN4/c1-8-5-9(6-15)13(16-2)18-12(8)11-4-3-10(14)7-17-11/h3-5,7H,1-2H3,(H,16,18). The summed E-state index contributed by atoms with van der Waals surface area (Å²) in [6, 6.07) is 6.70. The molecule has 4 nitrogen and oxygen atoms in total. The van der Waals surface area contributed by atoms with Crippen molar-refractivity contribution in [3.63, 3.8) is 0 Å². The van der Waals surface area contributed by atoms with E-state index in [9.17, 15) is 4.39 Å². The van der Waals surface area contributed by atoms with E-state index in [1.165, 1.54) is 6.07 Å². The SMILES string of the molecule is CNc1nc(-c2ccc(F)cn2)c(C)cc1C#N. The summed E-state index contributed by atoms with van der Waals surface area (Å²) in [6.45, 7) is 1.84. The van der Waals surface area contributed by atoms with Gasteiger partial charge in [0.05, 0.1) is 23.1 Å². The molecular weight excluding hydrogens is 231 g/mol. The Morgan fingerprint density at radius 1 is 1.39 bits per heavy atom. The smallest absolute Gasteiger partial charge is 0.144 e. The molecule has 0 fully saturated rings. The van der Waals surface area contributed by atoms with E-state index in [-0.39, 0.29) is 5.82 Å². The average molecular weight is 242 g/mol. The van der Waals surface area contributed by atoms with Crippen LogP contribution in [0.2, 0.25) is 0 Å². The van der Waals surface area contributed by atoms with Gasteiger partial charge in [-0.2, -0.15) is 5.26 Å². The Labute approximate surface area is 104 Å². The van der Waals surface area contributed by atoms with Crippen molar-refractivity contribution in [2.45, 2.75) is 6.92 Å². The number of anilines is 1. The van der Waals surface area contributed by atoms with Crippen molar-refractivity contribution in [3.05, 3.63) is 41.3 Å². The highest BCUT2D eigenvalue weighted by Crippen LogP contribution is 2.24. The minimum atomic E-state index is -0.390. The second-order valence-corrected chi connectivity index (χ2v) is 3.77. The number of hydrogen-bond acceptors (Lipinski definition) is 4. The number of nitrogens with zero attached hydrogens (tertiary/aromatic N) is 3. The fourth-order valence-corrected chi connectivity index (χ4v) is 1.66. The van der Waals surface area contributed by atoms with Crippen molar-refractivity contribution in [2.24, 2.45) is 0 Å². The molecule has 0 amide bonds. The van der Waals surface area contributed by atoms with Crippen LogP contribution in [0, 0.1) is 24.1 Å². The Kier molecular flexibility index (Phi) is 3.20. The minimum absolute atomic E-state index is 0.390. The lowest BCUT2D eigenvalue weighted by Gasteiger charge is -2.09. The van der Waals surface area contributed by atoms with E-state index in [1.54, 1.807) is 19.2 Å². The number of pyridine rings is 2. The van der Waals surface area contributed by atoms with Crippen LogP contribution in [0.25, 0.3) is 11.4 Å². The number of rotatable bonds is 2. The lowest BCUT2D eigenvalue weighted by Crippen LogP contribution is -2.00. The Balaban J connectivity index is 2.58. The molecule has 0 aliphatic carbocycles. The van der Waals surface area contributed by atoms with Gasteiger partial charge in [0.15, 0.2) is 0 Å². The van der Waals surface area contributed by atoms with Gasteiger partial charge >= 0.3 is 0 Å². The molecule has 0 aromatic carbocycles. The summed E-state index contributed by atoms with van der Waals surface area (Å²) in [6.07, 6.45) is 1.15. The first-order valence-corrected chi connectivity index (χ1v) is 5.37. The molecule has 2 aromatic rings. The topological polar surface area (TPSA) is 61.6 Å². The van der Waals surface area contributed by atoms with Crippen LogP contribution in [-0.2, 0) is 0 Å². The number of hydrogen-bond donors (Lipinski definition) is 1. The minimum Gasteiger partial charge on any atom is -0.372 e. The molecule has 18 heavy (non-hydrogen) atoms. The lowest BCUT2D eigenvalue weighted by atomic mass is 10.1. The van der Waals surface area contributed by atoms with Crippen molar-refractivity contribution >= 4 is 5.82 Å². The molecule has 5 heteroatoms. The van der Waals surface area contributed by atoms with Crippen LogP contribution in [-0.4, -0.2) is 17.0 Å². The van der Waals surface area contributed by atoms with Crippen molar-refractivity contribution in [1.82, 2.24) is 9.97 Å². The van der Waals surface area contributed by atoms with E-state index in [2.05, 4.69) is 21.4 Å². The molecule has 1 N–H and O–H groups in total. The number of nitriles is 1. The van der Waals surface area contributed by atoms with Gasteiger partial charge in [0.2, 0.25) is 0 Å². The monoisotopic (exact) mass is 242 g/mol. The fraction of sp³-hybridized carbons (Fsp3) is 0.154. The molecule has 0 bridgehead atoms. The third-order valence-corrected chi connectivity index (χ3v) is 2.54. The van der Waals surface area contributed by atoms with Crippen LogP contribution in [0.15, 0.2) is 24.4 Å². The van der Waals surface area contributed by atoms with Gasteiger partial charge in [0, 0.05) is 7.05 Å². The number of nitrogens with one attached hydrogen (secondary N) is 1. The molecule has 0 atom stereocenters. The molecule has 2 aromatic heterocycles. The summed E-state index contributed by atoms with van der Waals surface area (Å²) in [4.78, 5) is 8.33. The molecule has 0 aliphatic rings. The van der Waals surface area contributed by atoms with Crippen LogP contribution in [0.5, 0.6) is 0 Å². The summed E-state index contributed by atoms with van der Waals surface area (Å²) < 4.78 is 12.8. The largest absolute Gasteiger partial charge is 0.372 e. The second kappa shape index (κ2) is 4.80. The second-order valence-electron chi connectivity index (χ2n) is 3.77. The zero-order valence-electron chi connectivity index (χ0n) is 10.0. The number of halogens is 1. The zero-order chi connectivity index (χ0) is 13.1. The molecular formula is C13H11FN4. The van der Waals surface area contributed by atoms with Gasteiger partial charge in [-0.05, 0) is 30.7 Å². The van der Waals surface area contributed by atoms with Gasteiger partial charge in [0.1, 0.15) is 17.7 Å². The highest BCUT2D eigenvalue weighted by Gasteiger charge is 2.10. The first kappa shape index (κ1) is 12.0. The zero-order valence-corrected chi connectivity index (χ0v) is 10.0. The molecule has 0 saturated heterocycles. The first-order chi connectivity index (χ1) is 8.65. The molecule has 0 saturated carbocycles.